The Morgan fingerprint density at radius 2 is 1.59 bits per heavy atom. The van der Waals surface area contributed by atoms with Gasteiger partial charge < -0.3 is 4.42 Å². The number of benzene rings is 2. The van der Waals surface area contributed by atoms with Crippen molar-refractivity contribution < 1.29 is 14.0 Å². The fourth-order valence-electron chi connectivity index (χ4n) is 2.99. The van der Waals surface area contributed by atoms with E-state index in [9.17, 15) is 9.59 Å². The number of hydrogen-bond donors (Lipinski definition) is 0. The topological polar surface area (TPSA) is 60.2 Å². The first kappa shape index (κ1) is 16.2. The minimum atomic E-state index is -0.257. The van der Waals surface area contributed by atoms with Crippen molar-refractivity contribution in [2.45, 2.75) is 9.43 Å². The third kappa shape index (κ3) is 2.83. The van der Waals surface area contributed by atoms with Gasteiger partial charge in [0.15, 0.2) is 21.0 Å². The van der Waals surface area contributed by atoms with Gasteiger partial charge in [0.05, 0.1) is 15.8 Å². The molecule has 4 aromatic rings. The van der Waals surface area contributed by atoms with Crippen molar-refractivity contribution in [2.24, 2.45) is 0 Å². The number of hydrogen-bond acceptors (Lipinski definition) is 6. The van der Waals surface area contributed by atoms with Crippen LogP contribution >= 0.6 is 23.1 Å². The summed E-state index contributed by atoms with van der Waals surface area (Å²) in [5, 5.41) is 0.663. The second-order valence-corrected chi connectivity index (χ2v) is 8.25. The summed E-state index contributed by atoms with van der Waals surface area (Å²) in [4.78, 5) is 29.5. The molecule has 0 radical (unpaired) electrons. The largest absolute Gasteiger partial charge is 0.450 e. The zero-order valence-electron chi connectivity index (χ0n) is 13.8. The lowest BCUT2D eigenvalue weighted by Crippen LogP contribution is -1.99. The Hall–Kier alpha value is -2.96. The SMILES string of the molecule is O=C1C(=Cc2ccc(Sc3nc4ccccc4s3)o2)C(=O)c2ccccc21. The van der Waals surface area contributed by atoms with E-state index in [-0.39, 0.29) is 17.1 Å². The van der Waals surface area contributed by atoms with Crippen molar-refractivity contribution in [3.05, 3.63) is 83.1 Å². The lowest BCUT2D eigenvalue weighted by Gasteiger charge is -1.93. The highest BCUT2D eigenvalue weighted by Gasteiger charge is 2.32. The number of para-hydroxylation sites is 1. The highest BCUT2D eigenvalue weighted by atomic mass is 32.2. The smallest absolute Gasteiger partial charge is 0.197 e. The second-order valence-electron chi connectivity index (χ2n) is 5.97. The fourth-order valence-corrected chi connectivity index (χ4v) is 4.96. The molecule has 2 aromatic heterocycles. The van der Waals surface area contributed by atoms with Crippen molar-refractivity contribution in [3.63, 3.8) is 0 Å². The summed E-state index contributed by atoms with van der Waals surface area (Å²) in [5.74, 6) is -0.0390. The van der Waals surface area contributed by atoms with E-state index in [2.05, 4.69) is 4.98 Å². The predicted octanol–water partition coefficient (Wildman–Crippen LogP) is 5.50. The number of rotatable bonds is 3. The number of furan rings is 1. The van der Waals surface area contributed by atoms with Crippen LogP contribution in [0, 0.1) is 0 Å². The minimum absolute atomic E-state index is 0.141. The molecule has 0 aliphatic heterocycles. The van der Waals surface area contributed by atoms with Gasteiger partial charge in [-0.05, 0) is 42.1 Å². The fraction of sp³-hybridized carbons (Fsp3) is 0. The van der Waals surface area contributed by atoms with Gasteiger partial charge in [-0.1, -0.05) is 36.4 Å². The number of nitrogens with zero attached hydrogens (tertiary/aromatic N) is 1. The standard InChI is InChI=1S/C21H11NO3S2/c23-19-13-5-1-2-6-14(13)20(24)15(19)11-12-9-10-18(25-12)27-21-22-16-7-3-4-8-17(16)26-21/h1-11H. The van der Waals surface area contributed by atoms with Crippen molar-refractivity contribution in [1.29, 1.82) is 0 Å². The van der Waals surface area contributed by atoms with E-state index in [1.165, 1.54) is 17.8 Å². The normalized spacial score (nSPS) is 13.4. The van der Waals surface area contributed by atoms with Crippen LogP contribution in [-0.2, 0) is 0 Å². The maximum Gasteiger partial charge on any atom is 0.197 e. The molecule has 0 spiro atoms. The van der Waals surface area contributed by atoms with Crippen LogP contribution in [0.15, 0.2) is 80.1 Å². The number of carbonyl (C=O) groups is 2. The molecule has 2 aromatic carbocycles. The number of allylic oxidation sites excluding steroid dienone is 1. The van der Waals surface area contributed by atoms with Gasteiger partial charge in [-0.15, -0.1) is 11.3 Å². The van der Waals surface area contributed by atoms with Crippen LogP contribution in [0.3, 0.4) is 0 Å². The van der Waals surface area contributed by atoms with Gasteiger partial charge >= 0.3 is 0 Å². The number of ketones is 2. The summed E-state index contributed by atoms with van der Waals surface area (Å²) in [5.41, 5.74) is 2.00. The van der Waals surface area contributed by atoms with Crippen LogP contribution in [0.1, 0.15) is 26.5 Å². The average Bonchev–Trinajstić information content (AvgIpc) is 3.36. The molecule has 6 heteroatoms. The molecule has 1 aliphatic carbocycles. The molecule has 130 valence electrons. The van der Waals surface area contributed by atoms with Crippen LogP contribution in [0.2, 0.25) is 0 Å². The molecule has 4 nitrogen and oxygen atoms in total. The molecule has 0 saturated carbocycles. The third-order valence-electron chi connectivity index (χ3n) is 4.26. The van der Waals surface area contributed by atoms with E-state index in [1.807, 2.05) is 30.3 Å². The van der Waals surface area contributed by atoms with Crippen LogP contribution in [0.5, 0.6) is 0 Å². The van der Waals surface area contributed by atoms with Crippen LogP contribution < -0.4 is 0 Å². The molecule has 2 heterocycles. The van der Waals surface area contributed by atoms with E-state index in [1.54, 1.807) is 41.7 Å². The van der Waals surface area contributed by atoms with E-state index in [4.69, 9.17) is 4.42 Å². The lowest BCUT2D eigenvalue weighted by molar-refractivity contribution is 0.0990. The molecule has 0 fully saturated rings. The van der Waals surface area contributed by atoms with Gasteiger partial charge in [0.2, 0.25) is 0 Å². The van der Waals surface area contributed by atoms with Gasteiger partial charge in [0, 0.05) is 11.1 Å². The molecule has 0 N–H and O–H groups in total. The predicted molar refractivity (Wildman–Crippen MR) is 106 cm³/mol. The highest BCUT2D eigenvalue weighted by Crippen LogP contribution is 2.36. The van der Waals surface area contributed by atoms with E-state index in [0.29, 0.717) is 22.0 Å². The summed E-state index contributed by atoms with van der Waals surface area (Å²) in [6.07, 6.45) is 1.52. The monoisotopic (exact) mass is 389 g/mol. The van der Waals surface area contributed by atoms with Crippen molar-refractivity contribution in [3.8, 4) is 0 Å². The van der Waals surface area contributed by atoms with Gasteiger partial charge in [0.1, 0.15) is 5.76 Å². The molecule has 0 amide bonds. The third-order valence-corrected chi connectivity index (χ3v) is 6.27. The van der Waals surface area contributed by atoms with Gasteiger partial charge in [-0.3, -0.25) is 9.59 Å². The molecule has 0 saturated heterocycles. The summed E-state index contributed by atoms with van der Waals surface area (Å²) >= 11 is 3.02. The molecule has 5 rings (SSSR count). The molecule has 0 bridgehead atoms. The Morgan fingerprint density at radius 1 is 0.889 bits per heavy atom. The van der Waals surface area contributed by atoms with Crippen molar-refractivity contribution >= 4 is 51.0 Å². The molecular weight excluding hydrogens is 378 g/mol. The number of Topliss-reactive ketones (excluding diaryl/α,β-unsaturated/α-hetero) is 2. The Labute approximate surface area is 162 Å². The zero-order valence-corrected chi connectivity index (χ0v) is 15.5. The Morgan fingerprint density at radius 3 is 2.33 bits per heavy atom. The van der Waals surface area contributed by atoms with Gasteiger partial charge in [0.25, 0.3) is 0 Å². The highest BCUT2D eigenvalue weighted by molar-refractivity contribution is 8.01. The van der Waals surface area contributed by atoms with E-state index in [0.717, 1.165) is 14.6 Å². The summed E-state index contributed by atoms with van der Waals surface area (Å²) in [6, 6.07) is 18.4. The van der Waals surface area contributed by atoms with E-state index < -0.39 is 0 Å². The zero-order chi connectivity index (χ0) is 18.4. The Balaban J connectivity index is 1.42. The Kier molecular flexibility index (Phi) is 3.81. The van der Waals surface area contributed by atoms with Crippen LogP contribution in [-0.4, -0.2) is 16.6 Å². The van der Waals surface area contributed by atoms with Crippen LogP contribution in [0.4, 0.5) is 0 Å². The van der Waals surface area contributed by atoms with Crippen LogP contribution in [0.25, 0.3) is 16.3 Å². The maximum atomic E-state index is 12.5. The molecular formula is C21H11NO3S2. The summed E-state index contributed by atoms with van der Waals surface area (Å²) < 4.78 is 7.79. The second kappa shape index (κ2) is 6.33. The number of aromatic nitrogens is 1. The first-order valence-electron chi connectivity index (χ1n) is 8.22. The first-order valence-corrected chi connectivity index (χ1v) is 9.86. The van der Waals surface area contributed by atoms with Crippen molar-refractivity contribution in [2.75, 3.05) is 0 Å². The Bertz CT molecular complexity index is 1180. The number of carbonyl (C=O) groups excluding carboxylic acids is 2. The molecule has 1 aliphatic rings. The lowest BCUT2D eigenvalue weighted by atomic mass is 10.1. The quantitative estimate of drug-likeness (QED) is 0.342. The molecule has 27 heavy (non-hydrogen) atoms. The van der Waals surface area contributed by atoms with Crippen molar-refractivity contribution in [1.82, 2.24) is 4.98 Å². The molecule has 0 unspecified atom stereocenters. The maximum absolute atomic E-state index is 12.5. The van der Waals surface area contributed by atoms with E-state index >= 15 is 0 Å². The summed E-state index contributed by atoms with van der Waals surface area (Å²) in [6.45, 7) is 0. The number of thiazole rings is 1. The minimum Gasteiger partial charge on any atom is -0.450 e. The first-order chi connectivity index (χ1) is 13.2. The summed E-state index contributed by atoms with van der Waals surface area (Å²) in [7, 11) is 0. The van der Waals surface area contributed by atoms with Gasteiger partial charge in [-0.25, -0.2) is 4.98 Å². The van der Waals surface area contributed by atoms with Gasteiger partial charge in [-0.2, -0.15) is 0 Å². The molecule has 0 atom stereocenters. The average molecular weight is 389 g/mol. The number of fused-ring (bicyclic) bond motifs is 2.